The molecule has 140 valence electrons. The van der Waals surface area contributed by atoms with Crippen molar-refractivity contribution >= 4 is 43.4 Å². The van der Waals surface area contributed by atoms with Crippen LogP contribution in [0.3, 0.4) is 0 Å². The second-order valence-corrected chi connectivity index (χ2v) is 8.95. The van der Waals surface area contributed by atoms with Crippen LogP contribution in [0.15, 0.2) is 51.8 Å². The number of ether oxygens (including phenoxy) is 1. The maximum atomic E-state index is 14.1. The fourth-order valence-electron chi connectivity index (χ4n) is 1.94. The summed E-state index contributed by atoms with van der Waals surface area (Å²) in [5, 5.41) is 2.38. The van der Waals surface area contributed by atoms with Crippen LogP contribution in [0.4, 0.5) is 20.6 Å². The first-order valence-corrected chi connectivity index (χ1v) is 9.82. The highest BCUT2D eigenvalue weighted by Gasteiger charge is 2.21. The molecule has 26 heavy (non-hydrogen) atoms. The van der Waals surface area contributed by atoms with E-state index in [0.29, 0.717) is 0 Å². The average molecular weight is 445 g/mol. The molecule has 0 atom stereocenters. The Labute approximate surface area is 159 Å². The summed E-state index contributed by atoms with van der Waals surface area (Å²) in [5.41, 5.74) is -0.350. The smallest absolute Gasteiger partial charge is 0.412 e. The van der Waals surface area contributed by atoms with Gasteiger partial charge in [-0.25, -0.2) is 17.6 Å². The molecule has 0 unspecified atom stereocenters. The summed E-state index contributed by atoms with van der Waals surface area (Å²) >= 11 is 3.25. The van der Waals surface area contributed by atoms with E-state index in [2.05, 4.69) is 26.0 Å². The minimum atomic E-state index is -4.18. The van der Waals surface area contributed by atoms with Gasteiger partial charge in [-0.3, -0.25) is 10.0 Å². The summed E-state index contributed by atoms with van der Waals surface area (Å²) in [6.45, 7) is 5.07. The first-order valence-electron chi connectivity index (χ1n) is 7.54. The predicted molar refractivity (Wildman–Crippen MR) is 101 cm³/mol. The number of hydrogen-bond acceptors (Lipinski definition) is 4. The Kier molecular flexibility index (Phi) is 5.92. The molecule has 0 bridgehead atoms. The molecule has 1 amide bonds. The third-order valence-electron chi connectivity index (χ3n) is 2.96. The molecular formula is C17H18BrFN2O4S. The highest BCUT2D eigenvalue weighted by Crippen LogP contribution is 2.24. The minimum absolute atomic E-state index is 0.0943. The van der Waals surface area contributed by atoms with E-state index >= 15 is 0 Å². The third kappa shape index (κ3) is 5.70. The molecule has 0 spiro atoms. The molecule has 2 aromatic carbocycles. The number of hydrogen-bond donors (Lipinski definition) is 2. The summed E-state index contributed by atoms with van der Waals surface area (Å²) < 4.78 is 47.2. The molecule has 6 nitrogen and oxygen atoms in total. The van der Waals surface area contributed by atoms with Crippen LogP contribution in [0, 0.1) is 5.82 Å². The summed E-state index contributed by atoms with van der Waals surface area (Å²) in [6.07, 6.45) is -0.770. The molecule has 0 aliphatic rings. The van der Waals surface area contributed by atoms with E-state index in [1.165, 1.54) is 18.2 Å². The fourth-order valence-corrected chi connectivity index (χ4v) is 3.36. The van der Waals surface area contributed by atoms with Crippen molar-refractivity contribution in [3.63, 3.8) is 0 Å². The van der Waals surface area contributed by atoms with Crippen LogP contribution in [-0.2, 0) is 14.8 Å². The Hall–Kier alpha value is -2.13. The maximum absolute atomic E-state index is 14.1. The van der Waals surface area contributed by atoms with E-state index in [9.17, 15) is 17.6 Å². The van der Waals surface area contributed by atoms with Crippen LogP contribution in [0.1, 0.15) is 20.8 Å². The van der Waals surface area contributed by atoms with Crippen molar-refractivity contribution in [1.29, 1.82) is 0 Å². The number of anilines is 2. The Morgan fingerprint density at radius 1 is 1.08 bits per heavy atom. The van der Waals surface area contributed by atoms with Crippen molar-refractivity contribution in [2.45, 2.75) is 31.3 Å². The van der Waals surface area contributed by atoms with Crippen LogP contribution >= 0.6 is 15.9 Å². The molecule has 0 fully saturated rings. The van der Waals surface area contributed by atoms with Gasteiger partial charge in [0.1, 0.15) is 16.3 Å². The largest absolute Gasteiger partial charge is 0.444 e. The van der Waals surface area contributed by atoms with Crippen LogP contribution in [-0.4, -0.2) is 20.1 Å². The van der Waals surface area contributed by atoms with E-state index in [4.69, 9.17) is 4.74 Å². The molecule has 2 rings (SSSR count). The Bertz CT molecular complexity index is 909. The zero-order valence-corrected chi connectivity index (χ0v) is 16.7. The lowest BCUT2D eigenvalue weighted by Crippen LogP contribution is -2.27. The van der Waals surface area contributed by atoms with E-state index in [1.54, 1.807) is 32.9 Å². The van der Waals surface area contributed by atoms with Crippen molar-refractivity contribution in [2.24, 2.45) is 0 Å². The number of sulfonamides is 1. The molecule has 0 aromatic heterocycles. The average Bonchev–Trinajstić information content (AvgIpc) is 2.49. The van der Waals surface area contributed by atoms with Crippen LogP contribution < -0.4 is 10.0 Å². The lowest BCUT2D eigenvalue weighted by atomic mass is 10.2. The van der Waals surface area contributed by atoms with Gasteiger partial charge in [-0.15, -0.1) is 0 Å². The number of carbonyl (C=O) groups excluding carboxylic acids is 1. The van der Waals surface area contributed by atoms with Gasteiger partial charge in [-0.1, -0.05) is 15.9 Å². The Morgan fingerprint density at radius 2 is 1.65 bits per heavy atom. The van der Waals surface area contributed by atoms with Crippen molar-refractivity contribution in [3.8, 4) is 0 Å². The number of amides is 1. The van der Waals surface area contributed by atoms with Crippen molar-refractivity contribution in [3.05, 3.63) is 52.8 Å². The molecule has 0 radical (unpaired) electrons. The van der Waals surface area contributed by atoms with E-state index < -0.39 is 32.4 Å². The highest BCUT2D eigenvalue weighted by atomic mass is 79.9. The zero-order chi connectivity index (χ0) is 19.5. The van der Waals surface area contributed by atoms with E-state index in [-0.39, 0.29) is 11.4 Å². The van der Waals surface area contributed by atoms with Gasteiger partial charge in [0.15, 0.2) is 0 Å². The van der Waals surface area contributed by atoms with Crippen LogP contribution in [0.25, 0.3) is 0 Å². The molecule has 9 heteroatoms. The molecule has 0 aliphatic heterocycles. The van der Waals surface area contributed by atoms with Gasteiger partial charge < -0.3 is 4.74 Å². The first kappa shape index (κ1) is 20.2. The Morgan fingerprint density at radius 3 is 2.23 bits per heavy atom. The fraction of sp³-hybridized carbons (Fsp3) is 0.235. The number of rotatable bonds is 4. The summed E-state index contributed by atoms with van der Waals surface area (Å²) in [6, 6.07) is 9.59. The first-order chi connectivity index (χ1) is 12.0. The topological polar surface area (TPSA) is 84.5 Å². The minimum Gasteiger partial charge on any atom is -0.444 e. The molecule has 0 aliphatic carbocycles. The SMILES string of the molecule is CC(C)(C)OC(=O)Nc1ccc(F)c(S(=O)(=O)Nc2ccc(Br)cc2)c1. The quantitative estimate of drug-likeness (QED) is 0.713. The summed E-state index contributed by atoms with van der Waals surface area (Å²) in [7, 11) is -4.18. The van der Waals surface area contributed by atoms with Crippen molar-refractivity contribution in [2.75, 3.05) is 10.0 Å². The molecule has 0 saturated carbocycles. The third-order valence-corrected chi connectivity index (χ3v) is 4.89. The Balaban J connectivity index is 2.25. The van der Waals surface area contributed by atoms with E-state index in [1.807, 2.05) is 0 Å². The van der Waals surface area contributed by atoms with Gasteiger partial charge in [-0.05, 0) is 63.2 Å². The van der Waals surface area contributed by atoms with Gasteiger partial charge in [0, 0.05) is 15.8 Å². The molecule has 0 heterocycles. The zero-order valence-electron chi connectivity index (χ0n) is 14.3. The van der Waals surface area contributed by atoms with Gasteiger partial charge in [0.05, 0.1) is 0 Å². The van der Waals surface area contributed by atoms with Gasteiger partial charge in [0.25, 0.3) is 10.0 Å². The van der Waals surface area contributed by atoms with Crippen molar-refractivity contribution < 1.29 is 22.3 Å². The predicted octanol–water partition coefficient (Wildman–Crippen LogP) is 4.74. The van der Waals surface area contributed by atoms with Crippen LogP contribution in [0.5, 0.6) is 0 Å². The normalized spacial score (nSPS) is 11.7. The second kappa shape index (κ2) is 7.63. The van der Waals surface area contributed by atoms with Gasteiger partial charge in [0.2, 0.25) is 0 Å². The number of benzene rings is 2. The summed E-state index contributed by atoms with van der Waals surface area (Å²) in [4.78, 5) is 11.2. The molecular weight excluding hydrogens is 427 g/mol. The lowest BCUT2D eigenvalue weighted by molar-refractivity contribution is 0.0636. The highest BCUT2D eigenvalue weighted by molar-refractivity contribution is 9.10. The standard InChI is InChI=1S/C17H18BrFN2O4S/c1-17(2,3)25-16(22)20-13-8-9-14(19)15(10-13)26(23,24)21-12-6-4-11(18)5-7-12/h4-10,21H,1-3H3,(H,20,22). The number of nitrogens with one attached hydrogen (secondary N) is 2. The van der Waals surface area contributed by atoms with E-state index in [0.717, 1.165) is 16.6 Å². The van der Waals surface area contributed by atoms with Gasteiger partial charge >= 0.3 is 6.09 Å². The van der Waals surface area contributed by atoms with Crippen molar-refractivity contribution in [1.82, 2.24) is 0 Å². The lowest BCUT2D eigenvalue weighted by Gasteiger charge is -2.20. The number of carbonyl (C=O) groups is 1. The molecule has 2 aromatic rings. The van der Waals surface area contributed by atoms with Crippen LogP contribution in [0.2, 0.25) is 0 Å². The molecule has 0 saturated heterocycles. The second-order valence-electron chi connectivity index (χ2n) is 6.38. The maximum Gasteiger partial charge on any atom is 0.412 e. The molecule has 2 N–H and O–H groups in total. The number of halogens is 2. The van der Waals surface area contributed by atoms with Gasteiger partial charge in [-0.2, -0.15) is 0 Å². The monoisotopic (exact) mass is 444 g/mol. The summed E-state index contributed by atoms with van der Waals surface area (Å²) in [5.74, 6) is -0.940.